The number of rotatable bonds is 2. The van der Waals surface area contributed by atoms with E-state index in [0.29, 0.717) is 6.42 Å². The summed E-state index contributed by atoms with van der Waals surface area (Å²) in [6.07, 6.45) is 0.537. The average Bonchev–Trinajstić information content (AvgIpc) is 2.46. The first-order valence-electron chi connectivity index (χ1n) is 6.00. The van der Waals surface area contributed by atoms with Crippen LogP contribution in [-0.2, 0) is 0 Å². The first-order chi connectivity index (χ1) is 8.79. The molecule has 0 aliphatic heterocycles. The third kappa shape index (κ3) is 3.09. The number of ketones is 1. The predicted octanol–water partition coefficient (Wildman–Crippen LogP) is 3.68. The molecule has 0 aliphatic rings. The zero-order chi connectivity index (χ0) is 12.8. The lowest BCUT2D eigenvalue weighted by molar-refractivity contribution is 0.0988. The Morgan fingerprint density at radius 3 is 2.00 bits per heavy atom. The van der Waals surface area contributed by atoms with Crippen molar-refractivity contribution in [2.75, 3.05) is 0 Å². The van der Waals surface area contributed by atoms with Crippen molar-refractivity contribution in [1.29, 1.82) is 0 Å². The lowest BCUT2D eigenvalue weighted by Gasteiger charge is -1.97. The van der Waals surface area contributed by atoms with Crippen molar-refractivity contribution < 1.29 is 4.79 Å². The number of carbonyl (C=O) groups is 1. The maximum absolute atomic E-state index is 11.5. The van der Waals surface area contributed by atoms with Crippen LogP contribution in [0.5, 0.6) is 0 Å². The summed E-state index contributed by atoms with van der Waals surface area (Å²) in [6.45, 7) is 1.87. The normalized spacial score (nSPS) is 9.39. The Morgan fingerprint density at radius 2 is 1.44 bits per heavy atom. The monoisotopic (exact) mass is 234 g/mol. The van der Waals surface area contributed by atoms with E-state index in [0.717, 1.165) is 16.7 Å². The van der Waals surface area contributed by atoms with Gasteiger partial charge in [0.05, 0.1) is 0 Å². The second-order valence-corrected chi connectivity index (χ2v) is 3.97. The smallest absolute Gasteiger partial charge is 0.162 e. The Labute approximate surface area is 107 Å². The molecule has 2 aromatic rings. The van der Waals surface area contributed by atoms with Gasteiger partial charge in [-0.15, -0.1) is 0 Å². The molecule has 0 amide bonds. The number of hydrogen-bond acceptors (Lipinski definition) is 1. The zero-order valence-electron chi connectivity index (χ0n) is 10.3. The van der Waals surface area contributed by atoms with Gasteiger partial charge in [0.15, 0.2) is 5.78 Å². The van der Waals surface area contributed by atoms with E-state index in [1.165, 1.54) is 0 Å². The molecule has 1 heteroatoms. The number of hydrogen-bond donors (Lipinski definition) is 0. The Kier molecular flexibility index (Phi) is 3.94. The molecule has 0 spiro atoms. The molecule has 2 rings (SSSR count). The van der Waals surface area contributed by atoms with E-state index in [2.05, 4.69) is 11.8 Å². The average molecular weight is 234 g/mol. The van der Waals surface area contributed by atoms with Gasteiger partial charge in [0.25, 0.3) is 0 Å². The van der Waals surface area contributed by atoms with E-state index in [4.69, 9.17) is 0 Å². The van der Waals surface area contributed by atoms with Crippen LogP contribution in [0.1, 0.15) is 34.8 Å². The lowest BCUT2D eigenvalue weighted by Crippen LogP contribution is -1.95. The molecule has 0 aliphatic carbocycles. The van der Waals surface area contributed by atoms with Gasteiger partial charge in [0.2, 0.25) is 0 Å². The van der Waals surface area contributed by atoms with Crippen LogP contribution in [-0.4, -0.2) is 5.78 Å². The highest BCUT2D eigenvalue weighted by Crippen LogP contribution is 2.06. The highest BCUT2D eigenvalue weighted by atomic mass is 16.1. The third-order valence-electron chi connectivity index (χ3n) is 2.65. The molecule has 0 radical (unpaired) electrons. The fourth-order valence-electron chi connectivity index (χ4n) is 1.61. The molecule has 0 saturated heterocycles. The molecule has 2 aromatic carbocycles. The Bertz CT molecular complexity index is 583. The third-order valence-corrected chi connectivity index (χ3v) is 2.65. The molecule has 0 aromatic heterocycles. The maximum atomic E-state index is 11.5. The number of benzene rings is 2. The van der Waals surface area contributed by atoms with Gasteiger partial charge in [-0.3, -0.25) is 4.79 Å². The summed E-state index contributed by atoms with van der Waals surface area (Å²) in [5, 5.41) is 0. The quantitative estimate of drug-likeness (QED) is 0.572. The minimum Gasteiger partial charge on any atom is -0.294 e. The van der Waals surface area contributed by atoms with Crippen molar-refractivity contribution in [3.05, 3.63) is 71.3 Å². The first kappa shape index (κ1) is 12.1. The highest BCUT2D eigenvalue weighted by Gasteiger charge is 2.00. The molecule has 0 N–H and O–H groups in total. The molecule has 0 fully saturated rings. The Balaban J connectivity index is 2.17. The van der Waals surface area contributed by atoms with Crippen LogP contribution in [0.2, 0.25) is 0 Å². The second-order valence-electron chi connectivity index (χ2n) is 3.97. The minimum atomic E-state index is 0.164. The SMILES string of the molecule is CCC(=O)c1ccc(C#Cc2ccccc2)cc1. The van der Waals surface area contributed by atoms with Gasteiger partial charge >= 0.3 is 0 Å². The van der Waals surface area contributed by atoms with Gasteiger partial charge in [0.1, 0.15) is 0 Å². The molecule has 0 atom stereocenters. The summed E-state index contributed by atoms with van der Waals surface area (Å²) in [6, 6.07) is 17.3. The first-order valence-corrected chi connectivity index (χ1v) is 6.00. The molecular weight excluding hydrogens is 220 g/mol. The van der Waals surface area contributed by atoms with Crippen LogP contribution >= 0.6 is 0 Å². The Morgan fingerprint density at radius 1 is 0.889 bits per heavy atom. The van der Waals surface area contributed by atoms with Crippen molar-refractivity contribution >= 4 is 5.78 Å². The molecule has 0 heterocycles. The van der Waals surface area contributed by atoms with Crippen LogP contribution in [0, 0.1) is 11.8 Å². The Hall–Kier alpha value is -2.33. The van der Waals surface area contributed by atoms with E-state index >= 15 is 0 Å². The fraction of sp³-hybridized carbons (Fsp3) is 0.118. The standard InChI is InChI=1S/C17H14O/c1-2-17(18)16-12-10-15(11-13-16)9-8-14-6-4-3-5-7-14/h3-7,10-13H,2H2,1H3. The summed E-state index contributed by atoms with van der Waals surface area (Å²) in [5.74, 6) is 6.34. The number of carbonyl (C=O) groups excluding carboxylic acids is 1. The van der Waals surface area contributed by atoms with Gasteiger partial charge in [-0.05, 0) is 24.3 Å². The van der Waals surface area contributed by atoms with Gasteiger partial charge in [-0.1, -0.05) is 49.1 Å². The summed E-state index contributed by atoms with van der Waals surface area (Å²) in [4.78, 5) is 11.5. The van der Waals surface area contributed by atoms with Crippen molar-refractivity contribution in [2.45, 2.75) is 13.3 Å². The summed E-state index contributed by atoms with van der Waals surface area (Å²) >= 11 is 0. The van der Waals surface area contributed by atoms with E-state index in [1.807, 2.05) is 61.5 Å². The van der Waals surface area contributed by atoms with Crippen molar-refractivity contribution in [2.24, 2.45) is 0 Å². The van der Waals surface area contributed by atoms with E-state index in [1.54, 1.807) is 0 Å². The largest absolute Gasteiger partial charge is 0.294 e. The van der Waals surface area contributed by atoms with Crippen LogP contribution in [0.3, 0.4) is 0 Å². The highest BCUT2D eigenvalue weighted by molar-refractivity contribution is 5.95. The lowest BCUT2D eigenvalue weighted by atomic mass is 10.1. The topological polar surface area (TPSA) is 17.1 Å². The van der Waals surface area contributed by atoms with E-state index < -0.39 is 0 Å². The fourth-order valence-corrected chi connectivity index (χ4v) is 1.61. The van der Waals surface area contributed by atoms with Gasteiger partial charge in [-0.2, -0.15) is 0 Å². The zero-order valence-corrected chi connectivity index (χ0v) is 10.3. The molecule has 0 saturated carbocycles. The predicted molar refractivity (Wildman–Crippen MR) is 73.5 cm³/mol. The molecule has 0 unspecified atom stereocenters. The van der Waals surface area contributed by atoms with E-state index in [9.17, 15) is 4.79 Å². The van der Waals surface area contributed by atoms with Crippen molar-refractivity contribution in [1.82, 2.24) is 0 Å². The van der Waals surface area contributed by atoms with Crippen LogP contribution in [0.15, 0.2) is 54.6 Å². The van der Waals surface area contributed by atoms with Crippen LogP contribution < -0.4 is 0 Å². The van der Waals surface area contributed by atoms with E-state index in [-0.39, 0.29) is 5.78 Å². The summed E-state index contributed by atoms with van der Waals surface area (Å²) in [7, 11) is 0. The van der Waals surface area contributed by atoms with Crippen molar-refractivity contribution in [3.8, 4) is 11.8 Å². The van der Waals surface area contributed by atoms with Gasteiger partial charge in [0, 0.05) is 23.1 Å². The van der Waals surface area contributed by atoms with Gasteiger partial charge in [-0.25, -0.2) is 0 Å². The molecule has 88 valence electrons. The van der Waals surface area contributed by atoms with Gasteiger partial charge < -0.3 is 0 Å². The van der Waals surface area contributed by atoms with Crippen LogP contribution in [0.4, 0.5) is 0 Å². The maximum Gasteiger partial charge on any atom is 0.162 e. The summed E-state index contributed by atoms with van der Waals surface area (Å²) in [5.41, 5.74) is 2.67. The second kappa shape index (κ2) is 5.84. The van der Waals surface area contributed by atoms with Crippen LogP contribution in [0.25, 0.3) is 0 Å². The molecular formula is C17H14O. The summed E-state index contributed by atoms with van der Waals surface area (Å²) < 4.78 is 0. The molecule has 18 heavy (non-hydrogen) atoms. The van der Waals surface area contributed by atoms with Crippen molar-refractivity contribution in [3.63, 3.8) is 0 Å². The molecule has 0 bridgehead atoms. The minimum absolute atomic E-state index is 0.164. The molecule has 1 nitrogen and oxygen atoms in total. The number of Topliss-reactive ketones (excluding diaryl/α,β-unsaturated/α-hetero) is 1.